The second kappa shape index (κ2) is 4.94. The average molecular weight is 298 g/mol. The smallest absolute Gasteiger partial charge is 0.337 e. The van der Waals surface area contributed by atoms with Crippen molar-refractivity contribution in [1.82, 2.24) is 0 Å². The van der Waals surface area contributed by atoms with Crippen molar-refractivity contribution in [2.45, 2.75) is 44.9 Å². The monoisotopic (exact) mass is 298 g/mol. The van der Waals surface area contributed by atoms with Crippen LogP contribution in [0, 0.1) is 17.3 Å². The quantitative estimate of drug-likeness (QED) is 0.616. The third-order valence-electron chi connectivity index (χ3n) is 6.22. The molecule has 3 heteroatoms. The summed E-state index contributed by atoms with van der Waals surface area (Å²) in [6.07, 6.45) is 8.06. The molecule has 3 atom stereocenters. The number of methoxy groups -OCH3 is 1. The summed E-state index contributed by atoms with van der Waals surface area (Å²) in [5, 5.41) is 0. The maximum atomic E-state index is 13.1. The van der Waals surface area contributed by atoms with Crippen LogP contribution in [0.5, 0.6) is 0 Å². The molecule has 0 saturated heterocycles. The van der Waals surface area contributed by atoms with E-state index in [1.54, 1.807) is 6.07 Å². The fourth-order valence-corrected chi connectivity index (χ4v) is 5.02. The van der Waals surface area contributed by atoms with Gasteiger partial charge in [-0.3, -0.25) is 4.79 Å². The van der Waals surface area contributed by atoms with E-state index >= 15 is 0 Å². The summed E-state index contributed by atoms with van der Waals surface area (Å²) in [6, 6.07) is 5.45. The number of rotatable bonds is 2. The Bertz CT molecular complexity index is 648. The molecule has 0 amide bonds. The first-order chi connectivity index (χ1) is 10.7. The van der Waals surface area contributed by atoms with E-state index in [2.05, 4.69) is 0 Å². The zero-order chi connectivity index (χ0) is 15.3. The standard InChI is InChI=1S/C19H22O3/c1-22-18(21)13-7-8-15-12(10-13)4-2-6-16(17(15)20)19-9-3-5-14(19)11-19/h7-8,10,14,16H,2-6,9,11H2,1H3. The number of carbonyl (C=O) groups excluding carboxylic acids is 2. The molecule has 0 heterocycles. The Kier molecular flexibility index (Phi) is 3.14. The number of benzene rings is 1. The Morgan fingerprint density at radius 3 is 2.82 bits per heavy atom. The number of carbonyl (C=O) groups is 2. The highest BCUT2D eigenvalue weighted by Gasteiger charge is 2.62. The van der Waals surface area contributed by atoms with E-state index in [9.17, 15) is 9.59 Å². The molecule has 3 aliphatic carbocycles. The Balaban J connectivity index is 1.68. The van der Waals surface area contributed by atoms with Gasteiger partial charge in [0.05, 0.1) is 12.7 Å². The molecular formula is C19H22O3. The van der Waals surface area contributed by atoms with E-state index in [0.29, 0.717) is 16.8 Å². The highest BCUT2D eigenvalue weighted by Crippen LogP contribution is 2.69. The molecule has 0 N–H and O–H groups in total. The molecule has 3 unspecified atom stereocenters. The SMILES string of the molecule is COC(=O)c1ccc2c(c1)CCCC(C13CCCC1C3)C2=O. The number of ether oxygens (including phenoxy) is 1. The number of fused-ring (bicyclic) bond motifs is 2. The second-order valence-electron chi connectivity index (χ2n) is 7.20. The van der Waals surface area contributed by atoms with Crippen LogP contribution in [0.1, 0.15) is 64.8 Å². The summed E-state index contributed by atoms with van der Waals surface area (Å²) >= 11 is 0. The Hall–Kier alpha value is -1.64. The van der Waals surface area contributed by atoms with Gasteiger partial charge in [0, 0.05) is 11.5 Å². The first-order valence-corrected chi connectivity index (χ1v) is 8.41. The highest BCUT2D eigenvalue weighted by molar-refractivity contribution is 6.01. The lowest BCUT2D eigenvalue weighted by Crippen LogP contribution is -2.25. The third kappa shape index (κ3) is 1.94. The van der Waals surface area contributed by atoms with Crippen molar-refractivity contribution in [1.29, 1.82) is 0 Å². The summed E-state index contributed by atoms with van der Waals surface area (Å²) in [7, 11) is 1.39. The van der Waals surface area contributed by atoms with Crippen molar-refractivity contribution in [3.63, 3.8) is 0 Å². The van der Waals surface area contributed by atoms with E-state index in [1.165, 1.54) is 32.8 Å². The van der Waals surface area contributed by atoms with Gasteiger partial charge in [-0.05, 0) is 67.6 Å². The number of aryl methyl sites for hydroxylation is 1. The molecule has 116 valence electrons. The minimum absolute atomic E-state index is 0.213. The third-order valence-corrected chi connectivity index (χ3v) is 6.22. The number of hydrogen-bond acceptors (Lipinski definition) is 3. The van der Waals surface area contributed by atoms with Crippen LogP contribution in [0.2, 0.25) is 0 Å². The van der Waals surface area contributed by atoms with Crippen LogP contribution in [0.3, 0.4) is 0 Å². The summed E-state index contributed by atoms with van der Waals surface area (Å²) in [5.41, 5.74) is 2.76. The second-order valence-corrected chi connectivity index (χ2v) is 7.20. The van der Waals surface area contributed by atoms with Crippen LogP contribution in [-0.2, 0) is 11.2 Å². The van der Waals surface area contributed by atoms with Crippen LogP contribution < -0.4 is 0 Å². The lowest BCUT2D eigenvalue weighted by atomic mass is 9.79. The number of Topliss-reactive ketones (excluding diaryl/α,β-unsaturated/α-hetero) is 1. The van der Waals surface area contributed by atoms with Crippen LogP contribution in [-0.4, -0.2) is 18.9 Å². The summed E-state index contributed by atoms with van der Waals surface area (Å²) in [5.74, 6) is 1.02. The van der Waals surface area contributed by atoms with Gasteiger partial charge in [0.15, 0.2) is 5.78 Å². The molecule has 2 saturated carbocycles. The first-order valence-electron chi connectivity index (χ1n) is 8.41. The molecule has 1 aromatic rings. The van der Waals surface area contributed by atoms with Crippen molar-refractivity contribution >= 4 is 11.8 Å². The summed E-state index contributed by atoms with van der Waals surface area (Å²) < 4.78 is 4.79. The fourth-order valence-electron chi connectivity index (χ4n) is 5.02. The van der Waals surface area contributed by atoms with Gasteiger partial charge in [-0.25, -0.2) is 4.79 Å². The van der Waals surface area contributed by atoms with Gasteiger partial charge in [-0.1, -0.05) is 12.5 Å². The van der Waals surface area contributed by atoms with Crippen LogP contribution in [0.25, 0.3) is 0 Å². The molecule has 4 rings (SSSR count). The highest BCUT2D eigenvalue weighted by atomic mass is 16.5. The van der Waals surface area contributed by atoms with Gasteiger partial charge < -0.3 is 4.74 Å². The van der Waals surface area contributed by atoms with E-state index < -0.39 is 0 Å². The normalized spacial score (nSPS) is 32.9. The van der Waals surface area contributed by atoms with Crippen LogP contribution >= 0.6 is 0 Å². The van der Waals surface area contributed by atoms with Crippen LogP contribution in [0.4, 0.5) is 0 Å². The molecule has 0 spiro atoms. The maximum absolute atomic E-state index is 13.1. The number of esters is 1. The molecule has 3 aliphatic rings. The van der Waals surface area contributed by atoms with Crippen molar-refractivity contribution < 1.29 is 14.3 Å². The zero-order valence-corrected chi connectivity index (χ0v) is 13.1. The predicted octanol–water partition coefficient (Wildman–Crippen LogP) is 3.80. The Morgan fingerprint density at radius 2 is 2.14 bits per heavy atom. The molecule has 0 aliphatic heterocycles. The van der Waals surface area contributed by atoms with Crippen molar-refractivity contribution in [3.8, 4) is 0 Å². The van der Waals surface area contributed by atoms with Gasteiger partial charge in [-0.2, -0.15) is 0 Å². The molecular weight excluding hydrogens is 276 g/mol. The minimum atomic E-state index is -0.326. The topological polar surface area (TPSA) is 43.4 Å². The van der Waals surface area contributed by atoms with E-state index in [0.717, 1.165) is 36.3 Å². The van der Waals surface area contributed by atoms with Crippen molar-refractivity contribution in [3.05, 3.63) is 34.9 Å². The van der Waals surface area contributed by atoms with Crippen molar-refractivity contribution in [2.24, 2.45) is 17.3 Å². The van der Waals surface area contributed by atoms with Gasteiger partial charge in [0.25, 0.3) is 0 Å². The zero-order valence-electron chi connectivity index (χ0n) is 13.1. The van der Waals surface area contributed by atoms with Gasteiger partial charge >= 0.3 is 5.97 Å². The summed E-state index contributed by atoms with van der Waals surface area (Å²) in [6.45, 7) is 0. The van der Waals surface area contributed by atoms with E-state index in [4.69, 9.17) is 4.74 Å². The largest absolute Gasteiger partial charge is 0.465 e. The van der Waals surface area contributed by atoms with Crippen molar-refractivity contribution in [2.75, 3.05) is 7.11 Å². The first kappa shape index (κ1) is 14.0. The van der Waals surface area contributed by atoms with Crippen LogP contribution in [0.15, 0.2) is 18.2 Å². The molecule has 0 aromatic heterocycles. The van der Waals surface area contributed by atoms with Gasteiger partial charge in [-0.15, -0.1) is 0 Å². The molecule has 0 bridgehead atoms. The Morgan fingerprint density at radius 1 is 1.27 bits per heavy atom. The average Bonchev–Trinajstić information content (AvgIpc) is 3.15. The van der Waals surface area contributed by atoms with Gasteiger partial charge in [0.2, 0.25) is 0 Å². The number of ketones is 1. The number of hydrogen-bond donors (Lipinski definition) is 0. The summed E-state index contributed by atoms with van der Waals surface area (Å²) in [4.78, 5) is 24.8. The predicted molar refractivity (Wildman–Crippen MR) is 82.9 cm³/mol. The lowest BCUT2D eigenvalue weighted by Gasteiger charge is -2.23. The lowest BCUT2D eigenvalue weighted by molar-refractivity contribution is 0.0600. The molecule has 2 fully saturated rings. The Labute approximate surface area is 131 Å². The fraction of sp³-hybridized carbons (Fsp3) is 0.579. The maximum Gasteiger partial charge on any atom is 0.337 e. The van der Waals surface area contributed by atoms with Gasteiger partial charge in [0.1, 0.15) is 0 Å². The molecule has 22 heavy (non-hydrogen) atoms. The minimum Gasteiger partial charge on any atom is -0.465 e. The van der Waals surface area contributed by atoms with E-state index in [1.807, 2.05) is 12.1 Å². The molecule has 3 nitrogen and oxygen atoms in total. The van der Waals surface area contributed by atoms with E-state index in [-0.39, 0.29) is 11.9 Å². The molecule has 0 radical (unpaired) electrons. The molecule has 1 aromatic carbocycles.